The molecule has 1 atom stereocenters. The van der Waals surface area contributed by atoms with Crippen LogP contribution in [0.5, 0.6) is 5.75 Å². The lowest BCUT2D eigenvalue weighted by molar-refractivity contribution is 0.0970. The van der Waals surface area contributed by atoms with Crippen molar-refractivity contribution in [3.8, 4) is 11.8 Å². The van der Waals surface area contributed by atoms with Gasteiger partial charge in [0.2, 0.25) is 0 Å². The number of carbonyl (C=O) groups is 1. The van der Waals surface area contributed by atoms with Crippen molar-refractivity contribution in [1.82, 2.24) is 14.1 Å². The molecule has 0 bridgehead atoms. The highest BCUT2D eigenvalue weighted by Gasteiger charge is 2.27. The Kier molecular flexibility index (Phi) is 5.48. The first-order valence-electron chi connectivity index (χ1n) is 10.1. The number of hydrogen-bond acceptors (Lipinski definition) is 7. The van der Waals surface area contributed by atoms with Crippen molar-refractivity contribution >= 4 is 22.6 Å². The van der Waals surface area contributed by atoms with E-state index in [1.165, 1.54) is 18.0 Å². The van der Waals surface area contributed by atoms with E-state index in [1.54, 1.807) is 35.9 Å². The fraction of sp³-hybridized carbons (Fsp3) is 0.364. The highest BCUT2D eigenvalue weighted by atomic mass is 16.5. The summed E-state index contributed by atoms with van der Waals surface area (Å²) in [5, 5.41) is 9.79. The number of piperidine rings is 1. The predicted octanol–water partition coefficient (Wildman–Crippen LogP) is 1.43. The van der Waals surface area contributed by atoms with Crippen molar-refractivity contribution in [2.45, 2.75) is 25.4 Å². The molecule has 3 aromatic rings. The second-order valence-corrected chi connectivity index (χ2v) is 7.75. The number of fused-ring (bicyclic) bond motifs is 1. The Morgan fingerprint density at radius 1 is 1.42 bits per heavy atom. The number of hydrogen-bond donors (Lipinski definition) is 1. The van der Waals surface area contributed by atoms with Gasteiger partial charge in [0, 0.05) is 31.7 Å². The first-order chi connectivity index (χ1) is 14.9. The molecule has 1 aliphatic rings. The van der Waals surface area contributed by atoms with Crippen molar-refractivity contribution in [2.75, 3.05) is 25.1 Å². The number of aromatic nitrogens is 3. The smallest absolute Gasteiger partial charge is 0.278 e. The van der Waals surface area contributed by atoms with Gasteiger partial charge in [0.05, 0.1) is 20.0 Å². The minimum Gasteiger partial charge on any atom is -0.497 e. The van der Waals surface area contributed by atoms with Gasteiger partial charge in [0.25, 0.3) is 5.56 Å². The summed E-state index contributed by atoms with van der Waals surface area (Å²) in [4.78, 5) is 32.4. The summed E-state index contributed by atoms with van der Waals surface area (Å²) in [5.74, 6) is 0.977. The van der Waals surface area contributed by atoms with E-state index in [9.17, 15) is 14.9 Å². The van der Waals surface area contributed by atoms with Crippen LogP contribution in [0.15, 0.2) is 35.4 Å². The van der Waals surface area contributed by atoms with Crippen LogP contribution in [0.1, 0.15) is 28.8 Å². The predicted molar refractivity (Wildman–Crippen MR) is 116 cm³/mol. The molecule has 9 heteroatoms. The Morgan fingerprint density at radius 3 is 2.94 bits per heavy atom. The molecule has 1 aromatic carbocycles. The molecule has 3 heterocycles. The molecule has 0 saturated carbocycles. The monoisotopic (exact) mass is 420 g/mol. The molecule has 0 radical (unpaired) electrons. The van der Waals surface area contributed by atoms with Crippen LogP contribution in [0.25, 0.3) is 11.0 Å². The number of ether oxygens (including phenoxy) is 1. The third kappa shape index (κ3) is 3.66. The second kappa shape index (κ2) is 8.24. The second-order valence-electron chi connectivity index (χ2n) is 7.75. The average Bonchev–Trinajstić information content (AvgIpc) is 3.07. The summed E-state index contributed by atoms with van der Waals surface area (Å²) in [6, 6.07) is 9.00. The molecular formula is C22H24N6O3. The van der Waals surface area contributed by atoms with E-state index in [1.807, 2.05) is 4.90 Å². The van der Waals surface area contributed by atoms with Crippen LogP contribution in [0.3, 0.4) is 0 Å². The number of anilines is 1. The SMILES string of the molecule is COc1cccc(C(=O)Cn2cnc3c(C#N)c(N4CCCC(N)C4)n(C)c3c2=O)c1. The van der Waals surface area contributed by atoms with Gasteiger partial charge in [-0.1, -0.05) is 12.1 Å². The van der Waals surface area contributed by atoms with Gasteiger partial charge in [0.15, 0.2) is 5.78 Å². The molecule has 2 aromatic heterocycles. The fourth-order valence-electron chi connectivity index (χ4n) is 4.17. The van der Waals surface area contributed by atoms with E-state index in [4.69, 9.17) is 10.5 Å². The fourth-order valence-corrected chi connectivity index (χ4v) is 4.17. The Hall–Kier alpha value is -3.64. The third-order valence-corrected chi connectivity index (χ3v) is 5.70. The van der Waals surface area contributed by atoms with E-state index >= 15 is 0 Å². The summed E-state index contributed by atoms with van der Waals surface area (Å²) < 4.78 is 8.14. The van der Waals surface area contributed by atoms with Crippen LogP contribution in [0, 0.1) is 11.3 Å². The van der Waals surface area contributed by atoms with Crippen LogP contribution in [-0.4, -0.2) is 46.1 Å². The quantitative estimate of drug-likeness (QED) is 0.620. The van der Waals surface area contributed by atoms with Crippen molar-refractivity contribution in [1.29, 1.82) is 5.26 Å². The van der Waals surface area contributed by atoms with Crippen molar-refractivity contribution < 1.29 is 9.53 Å². The highest BCUT2D eigenvalue weighted by molar-refractivity contribution is 5.96. The molecule has 31 heavy (non-hydrogen) atoms. The van der Waals surface area contributed by atoms with E-state index in [2.05, 4.69) is 11.1 Å². The van der Waals surface area contributed by atoms with Gasteiger partial charge in [-0.15, -0.1) is 0 Å². The number of carbonyl (C=O) groups excluding carboxylic acids is 1. The van der Waals surface area contributed by atoms with Gasteiger partial charge in [-0.25, -0.2) is 4.98 Å². The van der Waals surface area contributed by atoms with E-state index < -0.39 is 0 Å². The topological polar surface area (TPSA) is 119 Å². The van der Waals surface area contributed by atoms with E-state index in [0.717, 1.165) is 19.4 Å². The molecule has 0 spiro atoms. The Balaban J connectivity index is 1.75. The first-order valence-corrected chi connectivity index (χ1v) is 10.1. The summed E-state index contributed by atoms with van der Waals surface area (Å²) in [7, 11) is 3.27. The minimum atomic E-state index is -0.368. The van der Waals surface area contributed by atoms with Gasteiger partial charge in [-0.2, -0.15) is 5.26 Å². The maximum absolute atomic E-state index is 13.2. The van der Waals surface area contributed by atoms with Crippen molar-refractivity contribution in [3.05, 3.63) is 52.1 Å². The summed E-state index contributed by atoms with van der Waals surface area (Å²) >= 11 is 0. The number of ketones is 1. The summed E-state index contributed by atoms with van der Waals surface area (Å²) in [6.07, 6.45) is 3.18. The molecule has 1 unspecified atom stereocenters. The number of methoxy groups -OCH3 is 1. The molecule has 1 aliphatic heterocycles. The van der Waals surface area contributed by atoms with E-state index in [0.29, 0.717) is 40.3 Å². The molecule has 9 nitrogen and oxygen atoms in total. The lowest BCUT2D eigenvalue weighted by atomic mass is 10.1. The number of Topliss-reactive ketones (excluding diaryl/α,β-unsaturated/α-hetero) is 1. The number of nitrogens with zero attached hydrogens (tertiary/aromatic N) is 5. The summed E-state index contributed by atoms with van der Waals surface area (Å²) in [6.45, 7) is 1.21. The zero-order chi connectivity index (χ0) is 22.1. The van der Waals surface area contributed by atoms with E-state index in [-0.39, 0.29) is 23.9 Å². The zero-order valence-corrected chi connectivity index (χ0v) is 17.5. The maximum atomic E-state index is 13.2. The molecule has 1 fully saturated rings. The number of benzene rings is 1. The molecule has 0 amide bonds. The zero-order valence-electron chi connectivity index (χ0n) is 17.5. The van der Waals surface area contributed by atoms with Crippen LogP contribution in [0.2, 0.25) is 0 Å². The molecule has 2 N–H and O–H groups in total. The van der Waals surface area contributed by atoms with Gasteiger partial charge in [0.1, 0.15) is 34.2 Å². The van der Waals surface area contributed by atoms with Crippen molar-refractivity contribution in [3.63, 3.8) is 0 Å². The number of rotatable bonds is 5. The average molecular weight is 420 g/mol. The lowest BCUT2D eigenvalue weighted by Crippen LogP contribution is -2.43. The first kappa shape index (κ1) is 20.6. The lowest BCUT2D eigenvalue weighted by Gasteiger charge is -2.32. The summed E-state index contributed by atoms with van der Waals surface area (Å²) in [5.41, 5.74) is 7.19. The van der Waals surface area contributed by atoms with Crippen LogP contribution in [0.4, 0.5) is 5.82 Å². The number of nitriles is 1. The molecule has 1 saturated heterocycles. The Morgan fingerprint density at radius 2 is 2.23 bits per heavy atom. The minimum absolute atomic E-state index is 0.0170. The van der Waals surface area contributed by atoms with Gasteiger partial charge in [-0.05, 0) is 25.0 Å². The third-order valence-electron chi connectivity index (χ3n) is 5.70. The highest BCUT2D eigenvalue weighted by Crippen LogP contribution is 2.30. The molecule has 4 rings (SSSR count). The molecular weight excluding hydrogens is 396 g/mol. The maximum Gasteiger partial charge on any atom is 0.278 e. The van der Waals surface area contributed by atoms with Crippen molar-refractivity contribution in [2.24, 2.45) is 12.8 Å². The molecule has 0 aliphatic carbocycles. The Labute approximate surface area is 179 Å². The molecule has 160 valence electrons. The van der Waals surface area contributed by atoms with Gasteiger partial charge in [-0.3, -0.25) is 14.2 Å². The number of aryl methyl sites for hydroxylation is 1. The van der Waals surface area contributed by atoms with Gasteiger partial charge < -0.3 is 19.9 Å². The normalized spacial score (nSPS) is 16.3. The number of nitrogens with two attached hydrogens (primary N) is 1. The van der Waals surface area contributed by atoms with Gasteiger partial charge >= 0.3 is 0 Å². The van der Waals surface area contributed by atoms with Crippen LogP contribution < -0.4 is 20.9 Å². The largest absolute Gasteiger partial charge is 0.497 e. The standard InChI is InChI=1S/C22H24N6O3/c1-26-20-19(17(10-23)21(26)27-8-4-6-15(24)11-27)25-13-28(22(20)30)12-18(29)14-5-3-7-16(9-14)31-2/h3,5,7,9,13,15H,4,6,8,11-12,24H2,1-2H3. The van der Waals surface area contributed by atoms with Crippen LogP contribution >= 0.6 is 0 Å². The Bertz CT molecular complexity index is 1250. The van der Waals surface area contributed by atoms with Crippen LogP contribution in [-0.2, 0) is 13.6 Å².